The van der Waals surface area contributed by atoms with E-state index in [1.54, 1.807) is 0 Å². The summed E-state index contributed by atoms with van der Waals surface area (Å²) in [5.41, 5.74) is 0. The number of esters is 3. The van der Waals surface area contributed by atoms with Crippen molar-refractivity contribution in [3.8, 4) is 0 Å². The molecule has 0 aromatic carbocycles. The number of carbonyl (C=O) groups excluding carboxylic acids is 3. The van der Waals surface area contributed by atoms with Crippen LogP contribution in [0.2, 0.25) is 0 Å². The molecule has 0 N–H and O–H groups in total. The summed E-state index contributed by atoms with van der Waals surface area (Å²) in [6.45, 7) is 6.60. The monoisotopic (exact) mass is 1160 g/mol. The summed E-state index contributed by atoms with van der Waals surface area (Å²) in [6.07, 6.45) is 92.5. The first-order chi connectivity index (χ1) is 41.0. The van der Waals surface area contributed by atoms with E-state index >= 15 is 0 Å². The van der Waals surface area contributed by atoms with Crippen LogP contribution in [-0.2, 0) is 28.6 Å². The Labute approximate surface area is 517 Å². The van der Waals surface area contributed by atoms with E-state index in [1.165, 1.54) is 263 Å². The molecule has 0 heterocycles. The Morgan fingerprint density at radius 2 is 0.470 bits per heavy atom. The van der Waals surface area contributed by atoms with Crippen molar-refractivity contribution in [1.82, 2.24) is 0 Å². The summed E-state index contributed by atoms with van der Waals surface area (Å²) in [7, 11) is 0. The SMILES string of the molecule is CC/C=C\C/C=C\C/C=C\C/C=C\CCCCCCCCCCC(=O)OC(COC(=O)CCCCCCCCCCCCCCCCC/C=C\CCCCCCCCCC)COC(=O)CCCCCCCCCCCCCCCCCCC. The molecule has 1 unspecified atom stereocenters. The molecule has 0 fully saturated rings. The van der Waals surface area contributed by atoms with Gasteiger partial charge in [0, 0.05) is 19.3 Å². The Morgan fingerprint density at radius 3 is 0.747 bits per heavy atom. The van der Waals surface area contributed by atoms with Gasteiger partial charge in [0.1, 0.15) is 13.2 Å². The Balaban J connectivity index is 4.29. The summed E-state index contributed by atoms with van der Waals surface area (Å²) in [4.78, 5) is 38.5. The molecule has 0 aliphatic carbocycles. The maximum Gasteiger partial charge on any atom is 0.306 e. The molecule has 6 heteroatoms. The zero-order valence-corrected chi connectivity index (χ0v) is 55.7. The molecule has 0 spiro atoms. The van der Waals surface area contributed by atoms with Crippen molar-refractivity contribution >= 4 is 17.9 Å². The predicted octanol–water partition coefficient (Wildman–Crippen LogP) is 25.5. The maximum atomic E-state index is 13.0. The highest BCUT2D eigenvalue weighted by Gasteiger charge is 2.19. The number of ether oxygens (including phenoxy) is 3. The van der Waals surface area contributed by atoms with Crippen LogP contribution >= 0.6 is 0 Å². The van der Waals surface area contributed by atoms with E-state index in [-0.39, 0.29) is 31.1 Å². The minimum atomic E-state index is -0.778. The second-order valence-electron chi connectivity index (χ2n) is 24.8. The number of hydrogen-bond donors (Lipinski definition) is 0. The van der Waals surface area contributed by atoms with Gasteiger partial charge < -0.3 is 14.2 Å². The molecule has 0 rings (SSSR count). The standard InChI is InChI=1S/C77H140O6/c1-4-7-10-13-16-19-22-25-28-31-33-35-36-37-38-39-40-42-43-46-49-52-55-58-61-64-67-70-76(79)82-73-74(72-81-75(78)69-66-63-60-57-54-51-48-45-30-27-24-21-18-15-12-9-6-3)83-77(80)71-68-65-62-59-56-53-50-47-44-41-34-32-29-26-23-20-17-14-11-8-5-2/h8,11,17,20,26,29,31,33-34,41,74H,4-7,9-10,12-16,18-19,21-25,27-28,30,32,35-40,42-73H2,1-3H3/b11-8-,20-17-,29-26-,33-31-,41-34-. The third-order valence-electron chi connectivity index (χ3n) is 16.5. The summed E-state index contributed by atoms with van der Waals surface area (Å²) in [6, 6.07) is 0. The van der Waals surface area contributed by atoms with Gasteiger partial charge in [0.25, 0.3) is 0 Å². The van der Waals surface area contributed by atoms with Crippen LogP contribution in [0.4, 0.5) is 0 Å². The third kappa shape index (κ3) is 69.8. The van der Waals surface area contributed by atoms with Crippen LogP contribution in [0, 0.1) is 0 Å². The molecule has 0 bridgehead atoms. The molecule has 0 aromatic rings. The molecule has 0 aliphatic heterocycles. The van der Waals surface area contributed by atoms with Gasteiger partial charge in [-0.2, -0.15) is 0 Å². The molecule has 0 saturated heterocycles. The van der Waals surface area contributed by atoms with Gasteiger partial charge in [-0.15, -0.1) is 0 Å². The summed E-state index contributed by atoms with van der Waals surface area (Å²) < 4.78 is 17.0. The second-order valence-corrected chi connectivity index (χ2v) is 24.8. The minimum absolute atomic E-state index is 0.0726. The van der Waals surface area contributed by atoms with Crippen molar-refractivity contribution in [2.75, 3.05) is 13.2 Å². The molecule has 0 radical (unpaired) electrons. The van der Waals surface area contributed by atoms with Crippen LogP contribution in [0.5, 0.6) is 0 Å². The maximum absolute atomic E-state index is 13.0. The van der Waals surface area contributed by atoms with Crippen molar-refractivity contribution in [3.05, 3.63) is 60.8 Å². The molecule has 0 amide bonds. The number of unbranched alkanes of at least 4 members (excludes halogenated alkanes) is 47. The van der Waals surface area contributed by atoms with Crippen molar-refractivity contribution in [2.24, 2.45) is 0 Å². The molecule has 1 atom stereocenters. The van der Waals surface area contributed by atoms with E-state index in [4.69, 9.17) is 14.2 Å². The molecule has 0 aliphatic rings. The number of rotatable bonds is 68. The summed E-state index contributed by atoms with van der Waals surface area (Å²) in [5, 5.41) is 0. The highest BCUT2D eigenvalue weighted by molar-refractivity contribution is 5.71. The largest absolute Gasteiger partial charge is 0.462 e. The van der Waals surface area contributed by atoms with Gasteiger partial charge in [-0.1, -0.05) is 351 Å². The molecule has 484 valence electrons. The molecule has 83 heavy (non-hydrogen) atoms. The van der Waals surface area contributed by atoms with Crippen LogP contribution in [0.15, 0.2) is 60.8 Å². The molecular weight excluding hydrogens is 1020 g/mol. The number of hydrogen-bond acceptors (Lipinski definition) is 6. The first-order valence-electron chi connectivity index (χ1n) is 36.8. The predicted molar refractivity (Wildman–Crippen MR) is 362 cm³/mol. The average molecular weight is 1160 g/mol. The van der Waals surface area contributed by atoms with Gasteiger partial charge in [0.05, 0.1) is 0 Å². The summed E-state index contributed by atoms with van der Waals surface area (Å²) in [5.74, 6) is -0.852. The second kappa shape index (κ2) is 71.6. The fourth-order valence-corrected chi connectivity index (χ4v) is 11.0. The van der Waals surface area contributed by atoms with Crippen LogP contribution in [0.3, 0.4) is 0 Å². The molecular formula is C77H140O6. The molecule has 0 aromatic heterocycles. The highest BCUT2D eigenvalue weighted by atomic mass is 16.6. The highest BCUT2D eigenvalue weighted by Crippen LogP contribution is 2.18. The van der Waals surface area contributed by atoms with Gasteiger partial charge >= 0.3 is 17.9 Å². The third-order valence-corrected chi connectivity index (χ3v) is 16.5. The fraction of sp³-hybridized carbons (Fsp3) is 0.831. The van der Waals surface area contributed by atoms with Crippen molar-refractivity contribution < 1.29 is 28.6 Å². The Morgan fingerprint density at radius 1 is 0.253 bits per heavy atom. The van der Waals surface area contributed by atoms with Gasteiger partial charge in [-0.3, -0.25) is 14.4 Å². The van der Waals surface area contributed by atoms with Crippen molar-refractivity contribution in [3.63, 3.8) is 0 Å². The van der Waals surface area contributed by atoms with Gasteiger partial charge in [-0.25, -0.2) is 0 Å². The first-order valence-corrected chi connectivity index (χ1v) is 36.8. The Hall–Kier alpha value is -2.89. The first kappa shape index (κ1) is 80.1. The normalized spacial score (nSPS) is 12.4. The van der Waals surface area contributed by atoms with E-state index in [0.29, 0.717) is 19.3 Å². The van der Waals surface area contributed by atoms with E-state index in [9.17, 15) is 14.4 Å². The lowest BCUT2D eigenvalue weighted by Crippen LogP contribution is -2.30. The average Bonchev–Trinajstić information content (AvgIpc) is 3.50. The van der Waals surface area contributed by atoms with Gasteiger partial charge in [0.15, 0.2) is 6.10 Å². The molecule has 0 saturated carbocycles. The quantitative estimate of drug-likeness (QED) is 0.0261. The van der Waals surface area contributed by atoms with Gasteiger partial charge in [0.2, 0.25) is 0 Å². The fourth-order valence-electron chi connectivity index (χ4n) is 11.0. The van der Waals surface area contributed by atoms with Gasteiger partial charge in [-0.05, 0) is 83.5 Å². The zero-order chi connectivity index (χ0) is 59.9. The lowest BCUT2D eigenvalue weighted by molar-refractivity contribution is -0.167. The lowest BCUT2D eigenvalue weighted by atomic mass is 10.0. The van der Waals surface area contributed by atoms with Crippen LogP contribution < -0.4 is 0 Å². The van der Waals surface area contributed by atoms with Crippen LogP contribution in [0.1, 0.15) is 393 Å². The topological polar surface area (TPSA) is 78.9 Å². The van der Waals surface area contributed by atoms with Crippen LogP contribution in [0.25, 0.3) is 0 Å². The van der Waals surface area contributed by atoms with E-state index in [2.05, 4.69) is 81.5 Å². The van der Waals surface area contributed by atoms with E-state index in [0.717, 1.165) is 89.9 Å². The van der Waals surface area contributed by atoms with Crippen LogP contribution in [-0.4, -0.2) is 37.2 Å². The summed E-state index contributed by atoms with van der Waals surface area (Å²) >= 11 is 0. The zero-order valence-electron chi connectivity index (χ0n) is 55.7. The Bertz CT molecular complexity index is 1470. The minimum Gasteiger partial charge on any atom is -0.462 e. The lowest BCUT2D eigenvalue weighted by Gasteiger charge is -2.18. The Kier molecular flexibility index (Phi) is 69.1. The van der Waals surface area contributed by atoms with Crippen molar-refractivity contribution in [2.45, 2.75) is 399 Å². The van der Waals surface area contributed by atoms with Crippen molar-refractivity contribution in [1.29, 1.82) is 0 Å². The number of allylic oxidation sites excluding steroid dienone is 10. The van der Waals surface area contributed by atoms with E-state index in [1.807, 2.05) is 0 Å². The van der Waals surface area contributed by atoms with E-state index < -0.39 is 6.10 Å². The number of carbonyl (C=O) groups is 3. The molecule has 6 nitrogen and oxygen atoms in total. The smallest absolute Gasteiger partial charge is 0.306 e.